The minimum atomic E-state index is -4.15. The summed E-state index contributed by atoms with van der Waals surface area (Å²) in [4.78, 5) is 11.7. The molecule has 1 unspecified atom stereocenters. The number of piperidine rings is 1. The van der Waals surface area contributed by atoms with Gasteiger partial charge in [-0.05, 0) is 19.4 Å². The molecule has 0 amide bonds. The van der Waals surface area contributed by atoms with E-state index in [1.165, 1.54) is 4.90 Å². The van der Waals surface area contributed by atoms with Crippen molar-refractivity contribution in [1.82, 2.24) is 4.90 Å². The molecule has 2 nitrogen and oxygen atoms in total. The van der Waals surface area contributed by atoms with Crippen molar-refractivity contribution < 1.29 is 18.0 Å². The second-order valence-corrected chi connectivity index (χ2v) is 3.39. The molecule has 0 aliphatic carbocycles. The number of aldehydes is 1. The first-order valence-electron chi connectivity index (χ1n) is 4.25. The Morgan fingerprint density at radius 1 is 1.46 bits per heavy atom. The number of likely N-dealkylation sites (tertiary alicyclic amines) is 1. The van der Waals surface area contributed by atoms with Gasteiger partial charge in [-0.2, -0.15) is 13.2 Å². The zero-order valence-corrected chi connectivity index (χ0v) is 7.18. The zero-order valence-electron chi connectivity index (χ0n) is 7.18. The topological polar surface area (TPSA) is 20.3 Å². The zero-order chi connectivity index (χ0) is 9.90. The Labute approximate surface area is 74.7 Å². The summed E-state index contributed by atoms with van der Waals surface area (Å²) in [5.41, 5.74) is 0. The van der Waals surface area contributed by atoms with Crippen LogP contribution in [0.4, 0.5) is 13.2 Å². The van der Waals surface area contributed by atoms with Crippen LogP contribution >= 0.6 is 0 Å². The van der Waals surface area contributed by atoms with Gasteiger partial charge < -0.3 is 4.79 Å². The highest BCUT2D eigenvalue weighted by atomic mass is 19.4. The molecule has 1 rings (SSSR count). The molecule has 0 saturated carbocycles. The first kappa shape index (κ1) is 10.5. The smallest absolute Gasteiger partial charge is 0.303 e. The third-order valence-electron chi connectivity index (χ3n) is 2.14. The van der Waals surface area contributed by atoms with Crippen molar-refractivity contribution in [3.63, 3.8) is 0 Å². The summed E-state index contributed by atoms with van der Waals surface area (Å²) in [6, 6.07) is 0. The normalized spacial score (nSPS) is 25.9. The molecular formula is C8H12F3NO. The quantitative estimate of drug-likeness (QED) is 0.622. The molecule has 1 aliphatic heterocycles. The summed E-state index contributed by atoms with van der Waals surface area (Å²) in [5, 5.41) is 0. The van der Waals surface area contributed by atoms with E-state index >= 15 is 0 Å². The maximum Gasteiger partial charge on any atom is 0.401 e. The number of halogens is 3. The molecule has 13 heavy (non-hydrogen) atoms. The average molecular weight is 195 g/mol. The van der Waals surface area contributed by atoms with Gasteiger partial charge in [-0.3, -0.25) is 4.90 Å². The van der Waals surface area contributed by atoms with Gasteiger partial charge in [0.25, 0.3) is 0 Å². The summed E-state index contributed by atoms with van der Waals surface area (Å²) < 4.78 is 35.8. The van der Waals surface area contributed by atoms with Crippen molar-refractivity contribution in [1.29, 1.82) is 0 Å². The number of alkyl halides is 3. The summed E-state index contributed by atoms with van der Waals surface area (Å²) in [7, 11) is 0. The number of rotatable bonds is 2. The highest BCUT2D eigenvalue weighted by molar-refractivity contribution is 5.53. The molecule has 0 radical (unpaired) electrons. The van der Waals surface area contributed by atoms with Gasteiger partial charge in [0.15, 0.2) is 0 Å². The van der Waals surface area contributed by atoms with E-state index in [1.807, 2.05) is 0 Å². The lowest BCUT2D eigenvalue weighted by atomic mass is 10.00. The van der Waals surface area contributed by atoms with Crippen LogP contribution in [0.2, 0.25) is 0 Å². The molecule has 0 aromatic carbocycles. The predicted octanol–water partition coefficient (Wildman–Crippen LogP) is 1.46. The summed E-state index contributed by atoms with van der Waals surface area (Å²) >= 11 is 0. The van der Waals surface area contributed by atoms with Crippen molar-refractivity contribution in [2.24, 2.45) is 5.92 Å². The van der Waals surface area contributed by atoms with Crippen LogP contribution in [0.25, 0.3) is 0 Å². The van der Waals surface area contributed by atoms with Gasteiger partial charge in [-0.1, -0.05) is 0 Å². The molecular weight excluding hydrogens is 183 g/mol. The van der Waals surface area contributed by atoms with Crippen LogP contribution in [0.5, 0.6) is 0 Å². The minimum Gasteiger partial charge on any atom is -0.303 e. The van der Waals surface area contributed by atoms with Crippen molar-refractivity contribution >= 4 is 6.29 Å². The van der Waals surface area contributed by atoms with Gasteiger partial charge in [0.05, 0.1) is 6.54 Å². The molecule has 1 heterocycles. The van der Waals surface area contributed by atoms with Crippen molar-refractivity contribution in [3.8, 4) is 0 Å². The second-order valence-electron chi connectivity index (χ2n) is 3.39. The van der Waals surface area contributed by atoms with Crippen LogP contribution in [0.15, 0.2) is 0 Å². The van der Waals surface area contributed by atoms with Crippen LogP contribution in [0.1, 0.15) is 12.8 Å². The lowest BCUT2D eigenvalue weighted by molar-refractivity contribution is -0.150. The lowest BCUT2D eigenvalue weighted by Gasteiger charge is -2.30. The van der Waals surface area contributed by atoms with E-state index in [2.05, 4.69) is 0 Å². The minimum absolute atomic E-state index is 0.212. The highest BCUT2D eigenvalue weighted by Crippen LogP contribution is 2.21. The maximum absolute atomic E-state index is 11.9. The summed E-state index contributed by atoms with van der Waals surface area (Å²) in [6.07, 6.45) is -2.00. The fraction of sp³-hybridized carbons (Fsp3) is 0.875. The largest absolute Gasteiger partial charge is 0.401 e. The van der Waals surface area contributed by atoms with E-state index in [1.54, 1.807) is 0 Å². The second kappa shape index (κ2) is 4.09. The van der Waals surface area contributed by atoms with Crippen molar-refractivity contribution in [3.05, 3.63) is 0 Å². The van der Waals surface area contributed by atoms with E-state index in [9.17, 15) is 18.0 Å². The van der Waals surface area contributed by atoms with Crippen LogP contribution in [-0.4, -0.2) is 37.0 Å². The third-order valence-corrected chi connectivity index (χ3v) is 2.14. The predicted molar refractivity (Wildman–Crippen MR) is 41.3 cm³/mol. The molecule has 1 fully saturated rings. The summed E-state index contributed by atoms with van der Waals surface area (Å²) in [6.45, 7) is -0.190. The number of carbonyl (C=O) groups is 1. The van der Waals surface area contributed by atoms with Crippen molar-refractivity contribution in [2.45, 2.75) is 19.0 Å². The van der Waals surface area contributed by atoms with Crippen LogP contribution in [-0.2, 0) is 4.79 Å². The van der Waals surface area contributed by atoms with Crippen LogP contribution in [0.3, 0.4) is 0 Å². The van der Waals surface area contributed by atoms with Gasteiger partial charge in [0.1, 0.15) is 6.29 Å². The Balaban J connectivity index is 2.38. The first-order valence-corrected chi connectivity index (χ1v) is 4.25. The monoisotopic (exact) mass is 195 g/mol. The van der Waals surface area contributed by atoms with Gasteiger partial charge in [0.2, 0.25) is 0 Å². The molecule has 0 aromatic rings. The Morgan fingerprint density at radius 2 is 2.15 bits per heavy atom. The number of nitrogens with zero attached hydrogens (tertiary/aromatic N) is 1. The van der Waals surface area contributed by atoms with E-state index in [0.717, 1.165) is 12.7 Å². The number of hydrogen-bond donors (Lipinski definition) is 0. The fourth-order valence-corrected chi connectivity index (χ4v) is 1.60. The molecule has 1 saturated heterocycles. The van der Waals surface area contributed by atoms with E-state index in [-0.39, 0.29) is 12.5 Å². The van der Waals surface area contributed by atoms with Gasteiger partial charge in [0, 0.05) is 12.5 Å². The van der Waals surface area contributed by atoms with Gasteiger partial charge >= 0.3 is 6.18 Å². The Hall–Kier alpha value is -0.580. The first-order chi connectivity index (χ1) is 6.01. The number of carbonyl (C=O) groups excluding carboxylic acids is 1. The maximum atomic E-state index is 11.9. The molecule has 5 heteroatoms. The Morgan fingerprint density at radius 3 is 2.69 bits per heavy atom. The Kier molecular flexibility index (Phi) is 3.30. The third kappa shape index (κ3) is 3.76. The van der Waals surface area contributed by atoms with E-state index in [0.29, 0.717) is 13.0 Å². The van der Waals surface area contributed by atoms with Gasteiger partial charge in [-0.15, -0.1) is 0 Å². The fourth-order valence-electron chi connectivity index (χ4n) is 1.60. The molecule has 0 N–H and O–H groups in total. The summed E-state index contributed by atoms with van der Waals surface area (Å²) in [5.74, 6) is -0.212. The lowest BCUT2D eigenvalue weighted by Crippen LogP contribution is -2.41. The van der Waals surface area contributed by atoms with Crippen LogP contribution in [0, 0.1) is 5.92 Å². The highest BCUT2D eigenvalue weighted by Gasteiger charge is 2.32. The molecule has 0 bridgehead atoms. The Bertz CT molecular complexity index is 181. The molecule has 0 aromatic heterocycles. The number of hydrogen-bond acceptors (Lipinski definition) is 2. The van der Waals surface area contributed by atoms with Crippen LogP contribution < -0.4 is 0 Å². The average Bonchev–Trinajstić information content (AvgIpc) is 2.01. The molecule has 1 aliphatic rings. The van der Waals surface area contributed by atoms with E-state index in [4.69, 9.17) is 0 Å². The van der Waals surface area contributed by atoms with E-state index < -0.39 is 12.7 Å². The standard InChI is InChI=1S/C8H12F3NO/c9-8(10,11)6-12-3-1-2-7(4-12)5-13/h5,7H,1-4,6H2. The molecule has 1 atom stereocenters. The molecule has 76 valence electrons. The molecule has 0 spiro atoms. The SMILES string of the molecule is O=CC1CCCN(CC(F)(F)F)C1. The van der Waals surface area contributed by atoms with Gasteiger partial charge in [-0.25, -0.2) is 0 Å². The van der Waals surface area contributed by atoms with Crippen molar-refractivity contribution in [2.75, 3.05) is 19.6 Å².